The highest BCUT2D eigenvalue weighted by atomic mass is 16.2. The summed E-state index contributed by atoms with van der Waals surface area (Å²) in [5.41, 5.74) is 0.301. The molecule has 1 N–H and O–H groups in total. The molecule has 5 nitrogen and oxygen atoms in total. The van der Waals surface area contributed by atoms with Crippen molar-refractivity contribution in [2.75, 3.05) is 37.6 Å². The van der Waals surface area contributed by atoms with Gasteiger partial charge in [0.05, 0.1) is 6.54 Å². The maximum Gasteiger partial charge on any atom is 0.236 e. The number of carbonyl (C=O) groups excluding carboxylic acids is 1. The van der Waals surface area contributed by atoms with Crippen LogP contribution < -0.4 is 10.2 Å². The van der Waals surface area contributed by atoms with E-state index in [1.54, 1.807) is 0 Å². The summed E-state index contributed by atoms with van der Waals surface area (Å²) in [6, 6.07) is 6.46. The number of anilines is 1. The second-order valence-corrected chi connectivity index (χ2v) is 8.80. The third-order valence-electron chi connectivity index (χ3n) is 6.00. The van der Waals surface area contributed by atoms with E-state index in [0.29, 0.717) is 23.9 Å². The molecule has 26 heavy (non-hydrogen) atoms. The average molecular weight is 359 g/mol. The molecular formula is C21H34N4O. The van der Waals surface area contributed by atoms with Crippen molar-refractivity contribution in [2.45, 2.75) is 52.5 Å². The lowest BCUT2D eigenvalue weighted by molar-refractivity contribution is -0.130. The molecule has 1 saturated heterocycles. The van der Waals surface area contributed by atoms with E-state index in [1.807, 2.05) is 29.3 Å². The van der Waals surface area contributed by atoms with E-state index in [2.05, 4.69) is 36.0 Å². The number of hydrogen-bond donors (Lipinski definition) is 1. The third kappa shape index (κ3) is 4.76. The minimum absolute atomic E-state index is 0.240. The second-order valence-electron chi connectivity index (χ2n) is 8.80. The van der Waals surface area contributed by atoms with E-state index in [-0.39, 0.29) is 5.91 Å². The highest BCUT2D eigenvalue weighted by Crippen LogP contribution is 2.37. The largest absolute Gasteiger partial charge is 0.353 e. The summed E-state index contributed by atoms with van der Waals surface area (Å²) < 4.78 is 0. The normalized spacial score (nSPS) is 24.6. The average Bonchev–Trinajstić information content (AvgIpc) is 2.66. The smallest absolute Gasteiger partial charge is 0.236 e. The summed E-state index contributed by atoms with van der Waals surface area (Å²) in [6.07, 6.45) is 6.90. The third-order valence-corrected chi connectivity index (χ3v) is 6.00. The van der Waals surface area contributed by atoms with Crippen LogP contribution in [0.15, 0.2) is 24.4 Å². The number of piperazine rings is 1. The van der Waals surface area contributed by atoms with Crippen molar-refractivity contribution in [2.24, 2.45) is 11.3 Å². The number of rotatable bonds is 4. The van der Waals surface area contributed by atoms with Crippen LogP contribution in [-0.2, 0) is 4.79 Å². The molecule has 1 aliphatic carbocycles. The number of nitrogens with one attached hydrogen (secondary N) is 1. The van der Waals surface area contributed by atoms with Crippen LogP contribution in [0.1, 0.15) is 46.5 Å². The Hall–Kier alpha value is -1.62. The van der Waals surface area contributed by atoms with Crippen molar-refractivity contribution in [3.63, 3.8) is 0 Å². The van der Waals surface area contributed by atoms with Gasteiger partial charge in [-0.3, -0.25) is 4.79 Å². The lowest BCUT2D eigenvalue weighted by atomic mass is 9.69. The molecule has 1 saturated carbocycles. The molecule has 5 heteroatoms. The van der Waals surface area contributed by atoms with Crippen LogP contribution in [0.2, 0.25) is 0 Å². The van der Waals surface area contributed by atoms with Crippen molar-refractivity contribution in [3.8, 4) is 0 Å². The van der Waals surface area contributed by atoms with Gasteiger partial charge < -0.3 is 15.1 Å². The van der Waals surface area contributed by atoms with Gasteiger partial charge in [0.25, 0.3) is 0 Å². The van der Waals surface area contributed by atoms with E-state index in [0.717, 1.165) is 32.0 Å². The summed E-state index contributed by atoms with van der Waals surface area (Å²) in [4.78, 5) is 21.3. The van der Waals surface area contributed by atoms with Gasteiger partial charge in [0.2, 0.25) is 5.91 Å². The molecule has 3 rings (SSSR count). The van der Waals surface area contributed by atoms with Gasteiger partial charge in [0.15, 0.2) is 0 Å². The van der Waals surface area contributed by atoms with Crippen molar-refractivity contribution in [3.05, 3.63) is 24.4 Å². The lowest BCUT2D eigenvalue weighted by Crippen LogP contribution is -2.53. The summed E-state index contributed by atoms with van der Waals surface area (Å²) in [5.74, 6) is 1.90. The summed E-state index contributed by atoms with van der Waals surface area (Å²) in [7, 11) is 0. The fourth-order valence-corrected chi connectivity index (χ4v) is 4.47. The predicted octanol–water partition coefficient (Wildman–Crippen LogP) is 2.92. The molecular weight excluding hydrogens is 324 g/mol. The number of carbonyl (C=O) groups is 1. The zero-order valence-electron chi connectivity index (χ0n) is 16.6. The van der Waals surface area contributed by atoms with Gasteiger partial charge in [-0.2, -0.15) is 0 Å². The van der Waals surface area contributed by atoms with Crippen LogP contribution in [0.25, 0.3) is 0 Å². The molecule has 2 aliphatic rings. The van der Waals surface area contributed by atoms with Crippen LogP contribution >= 0.6 is 0 Å². The minimum atomic E-state index is 0.240. The van der Waals surface area contributed by atoms with E-state index in [4.69, 9.17) is 0 Å². The molecule has 2 fully saturated rings. The Labute approximate surface area is 158 Å². The van der Waals surface area contributed by atoms with Crippen molar-refractivity contribution < 1.29 is 4.79 Å². The SMILES string of the molecule is CC(C)(C)C1CCCCC1NCC(=O)N1CCN(c2ccccn2)CC1. The topological polar surface area (TPSA) is 48.5 Å². The molecule has 1 amide bonds. The Balaban J connectivity index is 1.47. The molecule has 2 heterocycles. The highest BCUT2D eigenvalue weighted by molar-refractivity contribution is 5.78. The molecule has 0 bridgehead atoms. The maximum atomic E-state index is 12.7. The standard InChI is InChI=1S/C21H34N4O/c1-21(2,3)17-8-4-5-9-18(17)23-16-20(26)25-14-12-24(13-15-25)19-10-6-7-11-22-19/h6-7,10-11,17-18,23H,4-5,8-9,12-16H2,1-3H3. The van der Waals surface area contributed by atoms with Crippen LogP contribution in [0.5, 0.6) is 0 Å². The molecule has 1 aromatic rings. The summed E-state index contributed by atoms with van der Waals surface area (Å²) in [5, 5.41) is 3.60. The number of pyridine rings is 1. The Morgan fingerprint density at radius 2 is 1.88 bits per heavy atom. The predicted molar refractivity (Wildman–Crippen MR) is 106 cm³/mol. The minimum Gasteiger partial charge on any atom is -0.353 e. The van der Waals surface area contributed by atoms with Crippen LogP contribution in [0, 0.1) is 11.3 Å². The first-order valence-electron chi connectivity index (χ1n) is 10.1. The van der Waals surface area contributed by atoms with Gasteiger partial charge in [-0.25, -0.2) is 4.98 Å². The first-order valence-corrected chi connectivity index (χ1v) is 10.1. The zero-order chi connectivity index (χ0) is 18.6. The van der Waals surface area contributed by atoms with Crippen LogP contribution in [0.3, 0.4) is 0 Å². The quantitative estimate of drug-likeness (QED) is 0.899. The summed E-state index contributed by atoms with van der Waals surface area (Å²) >= 11 is 0. The fourth-order valence-electron chi connectivity index (χ4n) is 4.47. The van der Waals surface area contributed by atoms with Crippen LogP contribution in [0.4, 0.5) is 5.82 Å². The van der Waals surface area contributed by atoms with Gasteiger partial charge in [-0.1, -0.05) is 39.7 Å². The van der Waals surface area contributed by atoms with Gasteiger partial charge in [0.1, 0.15) is 5.82 Å². The first kappa shape index (κ1) is 19.2. The second kappa shape index (κ2) is 8.38. The molecule has 2 atom stereocenters. The number of amides is 1. The molecule has 144 valence electrons. The van der Waals surface area contributed by atoms with E-state index < -0.39 is 0 Å². The monoisotopic (exact) mass is 358 g/mol. The van der Waals surface area contributed by atoms with E-state index in [1.165, 1.54) is 25.7 Å². The molecule has 0 radical (unpaired) electrons. The number of nitrogens with zero attached hydrogens (tertiary/aromatic N) is 3. The van der Waals surface area contributed by atoms with Gasteiger partial charge in [0, 0.05) is 38.4 Å². The van der Waals surface area contributed by atoms with Gasteiger partial charge in [-0.05, 0) is 36.3 Å². The number of aromatic nitrogens is 1. The molecule has 1 aliphatic heterocycles. The van der Waals surface area contributed by atoms with Gasteiger partial charge >= 0.3 is 0 Å². The van der Waals surface area contributed by atoms with Crippen molar-refractivity contribution in [1.82, 2.24) is 15.2 Å². The molecule has 1 aromatic heterocycles. The molecule has 2 unspecified atom stereocenters. The molecule has 0 spiro atoms. The fraction of sp³-hybridized carbons (Fsp3) is 0.714. The zero-order valence-corrected chi connectivity index (χ0v) is 16.6. The van der Waals surface area contributed by atoms with Crippen LogP contribution in [-0.4, -0.2) is 54.6 Å². The Morgan fingerprint density at radius 3 is 2.54 bits per heavy atom. The highest BCUT2D eigenvalue weighted by Gasteiger charge is 2.34. The maximum absolute atomic E-state index is 12.7. The van der Waals surface area contributed by atoms with Crippen molar-refractivity contribution in [1.29, 1.82) is 0 Å². The Morgan fingerprint density at radius 1 is 1.15 bits per heavy atom. The van der Waals surface area contributed by atoms with E-state index >= 15 is 0 Å². The summed E-state index contributed by atoms with van der Waals surface area (Å²) in [6.45, 7) is 10.7. The van der Waals surface area contributed by atoms with E-state index in [9.17, 15) is 4.79 Å². The Kier molecular flexibility index (Phi) is 6.17. The first-order chi connectivity index (χ1) is 12.4. The number of hydrogen-bond acceptors (Lipinski definition) is 4. The molecule has 0 aromatic carbocycles. The lowest BCUT2D eigenvalue weighted by Gasteiger charge is -2.41. The van der Waals surface area contributed by atoms with Crippen molar-refractivity contribution >= 4 is 11.7 Å². The van der Waals surface area contributed by atoms with Gasteiger partial charge in [-0.15, -0.1) is 0 Å². The Bertz CT molecular complexity index is 575.